The summed E-state index contributed by atoms with van der Waals surface area (Å²) >= 11 is 0. The molecule has 2 aromatic rings. The summed E-state index contributed by atoms with van der Waals surface area (Å²) in [7, 11) is 1.54. The fourth-order valence-electron chi connectivity index (χ4n) is 2.35. The molecule has 20 heavy (non-hydrogen) atoms. The van der Waals surface area contributed by atoms with Crippen molar-refractivity contribution in [2.45, 2.75) is 0 Å². The number of hydrogen-bond acceptors (Lipinski definition) is 5. The molecule has 0 unspecified atom stereocenters. The summed E-state index contributed by atoms with van der Waals surface area (Å²) in [6, 6.07) is 3.41. The van der Waals surface area contributed by atoms with Crippen molar-refractivity contribution in [3.63, 3.8) is 0 Å². The number of ether oxygens (including phenoxy) is 2. The molecule has 6 nitrogen and oxygen atoms in total. The number of carbonyl (C=O) groups excluding carboxylic acids is 1. The van der Waals surface area contributed by atoms with Gasteiger partial charge in [-0.1, -0.05) is 0 Å². The van der Waals surface area contributed by atoms with Crippen LogP contribution in [0.4, 0.5) is 5.69 Å². The average Bonchev–Trinajstić information content (AvgIpc) is 2.89. The molecule has 2 N–H and O–H groups in total. The number of fused-ring (bicyclic) bond motifs is 1. The van der Waals surface area contributed by atoms with E-state index in [0.29, 0.717) is 54.3 Å². The minimum absolute atomic E-state index is 0.0566. The van der Waals surface area contributed by atoms with Gasteiger partial charge >= 0.3 is 0 Å². The molecule has 0 spiro atoms. The number of nitrogen functional groups attached to an aromatic ring is 1. The second-order valence-corrected chi connectivity index (χ2v) is 4.64. The van der Waals surface area contributed by atoms with Gasteiger partial charge in [0.15, 0.2) is 0 Å². The number of benzene rings is 1. The number of methoxy groups -OCH3 is 1. The Morgan fingerprint density at radius 3 is 2.80 bits per heavy atom. The molecule has 0 atom stereocenters. The summed E-state index contributed by atoms with van der Waals surface area (Å²) in [5.74, 6) is 0.480. The van der Waals surface area contributed by atoms with Crippen molar-refractivity contribution in [2.75, 3.05) is 39.1 Å². The summed E-state index contributed by atoms with van der Waals surface area (Å²) in [6.07, 6.45) is 1.47. The van der Waals surface area contributed by atoms with E-state index in [2.05, 4.69) is 0 Å². The highest BCUT2D eigenvalue weighted by Crippen LogP contribution is 2.31. The van der Waals surface area contributed by atoms with Crippen molar-refractivity contribution in [1.29, 1.82) is 0 Å². The number of morpholine rings is 1. The van der Waals surface area contributed by atoms with E-state index >= 15 is 0 Å². The van der Waals surface area contributed by atoms with Crippen LogP contribution >= 0.6 is 0 Å². The van der Waals surface area contributed by atoms with Crippen LogP contribution in [0.3, 0.4) is 0 Å². The van der Waals surface area contributed by atoms with Gasteiger partial charge in [-0.25, -0.2) is 0 Å². The number of nitrogens with zero attached hydrogens (tertiary/aromatic N) is 1. The third-order valence-electron chi connectivity index (χ3n) is 3.45. The summed E-state index contributed by atoms with van der Waals surface area (Å²) in [4.78, 5) is 14.3. The molecule has 2 heterocycles. The Labute approximate surface area is 116 Å². The van der Waals surface area contributed by atoms with E-state index in [1.54, 1.807) is 24.1 Å². The second kappa shape index (κ2) is 5.05. The molecule has 0 bridgehead atoms. The number of anilines is 1. The van der Waals surface area contributed by atoms with Gasteiger partial charge in [0.1, 0.15) is 17.6 Å². The first kappa shape index (κ1) is 12.8. The van der Waals surface area contributed by atoms with Gasteiger partial charge in [-0.3, -0.25) is 4.79 Å². The Balaban J connectivity index is 2.00. The monoisotopic (exact) mass is 276 g/mol. The van der Waals surface area contributed by atoms with E-state index in [1.165, 1.54) is 6.26 Å². The molecular formula is C14H16N2O4. The van der Waals surface area contributed by atoms with Crippen LogP contribution in [0.15, 0.2) is 22.8 Å². The number of amides is 1. The summed E-state index contributed by atoms with van der Waals surface area (Å²) in [5.41, 5.74) is 7.43. The van der Waals surface area contributed by atoms with Crippen LogP contribution < -0.4 is 10.5 Å². The van der Waals surface area contributed by atoms with E-state index in [4.69, 9.17) is 19.6 Å². The SMILES string of the molecule is COc1cc2c(C(=O)N3CCOCC3)coc2cc1N. The lowest BCUT2D eigenvalue weighted by atomic mass is 10.1. The Morgan fingerprint density at radius 2 is 2.10 bits per heavy atom. The number of rotatable bonds is 2. The van der Waals surface area contributed by atoms with Crippen molar-refractivity contribution in [3.8, 4) is 5.75 Å². The van der Waals surface area contributed by atoms with Gasteiger partial charge in [0.25, 0.3) is 5.91 Å². The van der Waals surface area contributed by atoms with Crippen LogP contribution in [-0.2, 0) is 4.74 Å². The lowest BCUT2D eigenvalue weighted by Crippen LogP contribution is -2.40. The maximum atomic E-state index is 12.5. The van der Waals surface area contributed by atoms with Crippen LogP contribution in [0.5, 0.6) is 5.75 Å². The van der Waals surface area contributed by atoms with Gasteiger partial charge in [-0.05, 0) is 6.07 Å². The summed E-state index contributed by atoms with van der Waals surface area (Å²) in [5, 5.41) is 0.715. The van der Waals surface area contributed by atoms with Crippen LogP contribution in [0.2, 0.25) is 0 Å². The molecule has 6 heteroatoms. The quantitative estimate of drug-likeness (QED) is 0.841. The molecule has 1 aliphatic rings. The van der Waals surface area contributed by atoms with Gasteiger partial charge in [-0.15, -0.1) is 0 Å². The number of nitrogens with two attached hydrogens (primary N) is 1. The minimum atomic E-state index is -0.0566. The second-order valence-electron chi connectivity index (χ2n) is 4.64. The molecule has 0 aliphatic carbocycles. The maximum Gasteiger partial charge on any atom is 0.257 e. The molecular weight excluding hydrogens is 260 g/mol. The van der Waals surface area contributed by atoms with Crippen LogP contribution in [0, 0.1) is 0 Å². The van der Waals surface area contributed by atoms with Crippen molar-refractivity contribution < 1.29 is 18.7 Å². The van der Waals surface area contributed by atoms with Crippen molar-refractivity contribution in [3.05, 3.63) is 24.0 Å². The molecule has 1 aromatic heterocycles. The first-order valence-corrected chi connectivity index (χ1v) is 6.42. The molecule has 1 aromatic carbocycles. The van der Waals surface area contributed by atoms with Crippen molar-refractivity contribution >= 4 is 22.6 Å². The normalized spacial score (nSPS) is 15.6. The van der Waals surface area contributed by atoms with E-state index in [1.807, 2.05) is 0 Å². The Hall–Kier alpha value is -2.21. The summed E-state index contributed by atoms with van der Waals surface area (Å²) in [6.45, 7) is 2.32. The fourth-order valence-corrected chi connectivity index (χ4v) is 2.35. The zero-order chi connectivity index (χ0) is 14.1. The highest BCUT2D eigenvalue weighted by atomic mass is 16.5. The zero-order valence-electron chi connectivity index (χ0n) is 11.2. The summed E-state index contributed by atoms with van der Waals surface area (Å²) < 4.78 is 15.9. The fraction of sp³-hybridized carbons (Fsp3) is 0.357. The van der Waals surface area contributed by atoms with Gasteiger partial charge in [0.05, 0.1) is 31.6 Å². The van der Waals surface area contributed by atoms with Gasteiger partial charge in [-0.2, -0.15) is 0 Å². The van der Waals surface area contributed by atoms with Crippen LogP contribution in [0.25, 0.3) is 11.0 Å². The number of carbonyl (C=O) groups is 1. The van der Waals surface area contributed by atoms with Crippen molar-refractivity contribution in [1.82, 2.24) is 4.90 Å². The Bertz CT molecular complexity index is 644. The average molecular weight is 276 g/mol. The zero-order valence-corrected chi connectivity index (χ0v) is 11.2. The molecule has 0 radical (unpaired) electrons. The first-order valence-electron chi connectivity index (χ1n) is 6.42. The number of hydrogen-bond donors (Lipinski definition) is 1. The van der Waals surface area contributed by atoms with Gasteiger partial charge < -0.3 is 24.5 Å². The standard InChI is InChI=1S/C14H16N2O4/c1-18-13-6-9-10(8-20-12(9)7-11(13)15)14(17)16-2-4-19-5-3-16/h6-8H,2-5,15H2,1H3. The van der Waals surface area contributed by atoms with Crippen LogP contribution in [-0.4, -0.2) is 44.2 Å². The molecule has 1 aliphatic heterocycles. The van der Waals surface area contributed by atoms with E-state index in [9.17, 15) is 4.79 Å². The Kier molecular flexibility index (Phi) is 3.23. The smallest absolute Gasteiger partial charge is 0.257 e. The van der Waals surface area contributed by atoms with Gasteiger partial charge in [0.2, 0.25) is 0 Å². The Morgan fingerprint density at radius 1 is 1.35 bits per heavy atom. The third kappa shape index (κ3) is 2.08. The highest BCUT2D eigenvalue weighted by Gasteiger charge is 2.23. The van der Waals surface area contributed by atoms with Crippen LogP contribution in [0.1, 0.15) is 10.4 Å². The van der Waals surface area contributed by atoms with E-state index in [0.717, 1.165) is 0 Å². The molecule has 0 saturated carbocycles. The molecule has 106 valence electrons. The molecule has 1 saturated heterocycles. The van der Waals surface area contributed by atoms with Gasteiger partial charge in [0, 0.05) is 24.5 Å². The predicted octanol–water partition coefficient (Wildman–Crippen LogP) is 1.50. The maximum absolute atomic E-state index is 12.5. The molecule has 1 amide bonds. The lowest BCUT2D eigenvalue weighted by Gasteiger charge is -2.26. The third-order valence-corrected chi connectivity index (χ3v) is 3.45. The van der Waals surface area contributed by atoms with E-state index < -0.39 is 0 Å². The minimum Gasteiger partial charge on any atom is -0.495 e. The predicted molar refractivity (Wildman–Crippen MR) is 73.9 cm³/mol. The first-order chi connectivity index (χ1) is 9.70. The topological polar surface area (TPSA) is 77.9 Å². The molecule has 1 fully saturated rings. The van der Waals surface area contributed by atoms with Crippen molar-refractivity contribution in [2.24, 2.45) is 0 Å². The largest absolute Gasteiger partial charge is 0.495 e. The highest BCUT2D eigenvalue weighted by molar-refractivity contribution is 6.07. The number of furan rings is 1. The van der Waals surface area contributed by atoms with E-state index in [-0.39, 0.29) is 5.91 Å². The lowest BCUT2D eigenvalue weighted by molar-refractivity contribution is 0.0303. The molecule has 3 rings (SSSR count).